The van der Waals surface area contributed by atoms with Crippen molar-refractivity contribution in [2.75, 3.05) is 0 Å². The molecule has 0 bridgehead atoms. The fourth-order valence-corrected chi connectivity index (χ4v) is 2.63. The van der Waals surface area contributed by atoms with E-state index in [9.17, 15) is 14.4 Å². The van der Waals surface area contributed by atoms with Gasteiger partial charge in [-0.15, -0.1) is 0 Å². The van der Waals surface area contributed by atoms with Crippen molar-refractivity contribution in [3.8, 4) is 5.75 Å². The highest BCUT2D eigenvalue weighted by molar-refractivity contribution is 6.19. The first-order valence-electron chi connectivity index (χ1n) is 7.90. The summed E-state index contributed by atoms with van der Waals surface area (Å²) in [5, 5.41) is 4.27. The number of urea groups is 1. The van der Waals surface area contributed by atoms with Gasteiger partial charge in [0.2, 0.25) is 11.8 Å². The van der Waals surface area contributed by atoms with Gasteiger partial charge in [0, 0.05) is 0 Å². The predicted octanol–water partition coefficient (Wildman–Crippen LogP) is 2.18. The molecule has 6 nitrogen and oxygen atoms in total. The van der Waals surface area contributed by atoms with E-state index in [1.807, 2.05) is 42.5 Å². The van der Waals surface area contributed by atoms with E-state index in [1.165, 1.54) is 6.92 Å². The zero-order valence-corrected chi connectivity index (χ0v) is 13.7. The predicted molar refractivity (Wildman–Crippen MR) is 90.7 cm³/mol. The Morgan fingerprint density at radius 2 is 1.44 bits per heavy atom. The molecule has 1 aliphatic rings. The number of carbonyl (C=O) groups is 3. The number of barbiturate groups is 1. The second-order valence-electron chi connectivity index (χ2n) is 6.16. The number of benzene rings is 2. The minimum absolute atomic E-state index is 0.191. The quantitative estimate of drug-likeness (QED) is 0.819. The summed E-state index contributed by atoms with van der Waals surface area (Å²) in [6.07, 6.45) is 0.191. The van der Waals surface area contributed by atoms with Crippen LogP contribution in [0.5, 0.6) is 5.75 Å². The minimum Gasteiger partial charge on any atom is -0.489 e. The van der Waals surface area contributed by atoms with Crippen molar-refractivity contribution < 1.29 is 19.1 Å². The van der Waals surface area contributed by atoms with Crippen molar-refractivity contribution in [3.05, 3.63) is 65.7 Å². The molecule has 6 heteroatoms. The second kappa shape index (κ2) is 6.76. The Morgan fingerprint density at radius 3 is 2.04 bits per heavy atom. The van der Waals surface area contributed by atoms with Crippen LogP contribution in [0.3, 0.4) is 0 Å². The van der Waals surface area contributed by atoms with Crippen LogP contribution >= 0.6 is 0 Å². The van der Waals surface area contributed by atoms with Gasteiger partial charge in [0.05, 0.1) is 0 Å². The molecule has 2 aromatic rings. The summed E-state index contributed by atoms with van der Waals surface area (Å²) in [5.74, 6) is -0.484. The SMILES string of the molecule is CC1(Cc2ccc(OCc3ccccc3)cc2)C(=O)NC(=O)NC1=O. The minimum atomic E-state index is -1.32. The van der Waals surface area contributed by atoms with Crippen molar-refractivity contribution in [3.63, 3.8) is 0 Å². The zero-order chi connectivity index (χ0) is 17.9. The Morgan fingerprint density at radius 1 is 0.840 bits per heavy atom. The Kier molecular flexibility index (Phi) is 4.52. The lowest BCUT2D eigenvalue weighted by molar-refractivity contribution is -0.143. The molecule has 0 radical (unpaired) electrons. The molecular formula is C19H18N2O4. The van der Waals surface area contributed by atoms with Gasteiger partial charge in [-0.1, -0.05) is 42.5 Å². The van der Waals surface area contributed by atoms with E-state index in [0.717, 1.165) is 11.1 Å². The van der Waals surface area contributed by atoms with E-state index in [0.29, 0.717) is 12.4 Å². The van der Waals surface area contributed by atoms with Crippen molar-refractivity contribution >= 4 is 17.8 Å². The normalized spacial score (nSPS) is 16.1. The Bertz CT molecular complexity index is 780. The molecule has 0 spiro atoms. The summed E-state index contributed by atoms with van der Waals surface area (Å²) in [6, 6.07) is 16.2. The third kappa shape index (κ3) is 3.68. The summed E-state index contributed by atoms with van der Waals surface area (Å²) >= 11 is 0. The van der Waals surface area contributed by atoms with Gasteiger partial charge in [-0.2, -0.15) is 0 Å². The van der Waals surface area contributed by atoms with Crippen LogP contribution in [0, 0.1) is 5.41 Å². The highest BCUT2D eigenvalue weighted by atomic mass is 16.5. The van der Waals surface area contributed by atoms with Crippen molar-refractivity contribution in [2.24, 2.45) is 5.41 Å². The zero-order valence-electron chi connectivity index (χ0n) is 13.7. The lowest BCUT2D eigenvalue weighted by Gasteiger charge is -2.30. The molecule has 1 saturated heterocycles. The van der Waals surface area contributed by atoms with Crippen LogP contribution in [0.25, 0.3) is 0 Å². The number of rotatable bonds is 5. The standard InChI is InChI=1S/C19H18N2O4/c1-19(16(22)20-18(24)21-17(19)23)11-13-7-9-15(10-8-13)25-12-14-5-3-2-4-6-14/h2-10H,11-12H2,1H3,(H2,20,21,22,23,24). The average molecular weight is 338 g/mol. The molecule has 128 valence electrons. The van der Waals surface area contributed by atoms with Crippen LogP contribution in [0.1, 0.15) is 18.1 Å². The molecule has 2 aromatic carbocycles. The van der Waals surface area contributed by atoms with Gasteiger partial charge in [0.1, 0.15) is 17.8 Å². The summed E-state index contributed by atoms with van der Waals surface area (Å²) in [6.45, 7) is 1.98. The van der Waals surface area contributed by atoms with E-state index < -0.39 is 23.3 Å². The van der Waals surface area contributed by atoms with Gasteiger partial charge in [0.15, 0.2) is 0 Å². The fraction of sp³-hybridized carbons (Fsp3) is 0.211. The lowest BCUT2D eigenvalue weighted by Crippen LogP contribution is -2.62. The maximum absolute atomic E-state index is 12.1. The van der Waals surface area contributed by atoms with Crippen molar-refractivity contribution in [1.82, 2.24) is 10.6 Å². The Hall–Kier alpha value is -3.15. The van der Waals surface area contributed by atoms with Crippen molar-refractivity contribution in [1.29, 1.82) is 0 Å². The number of ether oxygens (including phenoxy) is 1. The van der Waals surface area contributed by atoms with E-state index in [1.54, 1.807) is 12.1 Å². The van der Waals surface area contributed by atoms with Gasteiger partial charge in [0.25, 0.3) is 0 Å². The first kappa shape index (κ1) is 16.7. The number of hydrogen-bond donors (Lipinski definition) is 2. The summed E-state index contributed by atoms with van der Waals surface area (Å²) in [5.41, 5.74) is 0.550. The lowest BCUT2D eigenvalue weighted by atomic mass is 9.80. The van der Waals surface area contributed by atoms with E-state index >= 15 is 0 Å². The number of nitrogens with one attached hydrogen (secondary N) is 2. The Labute approximate surface area is 145 Å². The maximum Gasteiger partial charge on any atom is 0.328 e. The molecule has 1 fully saturated rings. The molecule has 25 heavy (non-hydrogen) atoms. The molecule has 0 saturated carbocycles. The van der Waals surface area contributed by atoms with Crippen LogP contribution in [0.2, 0.25) is 0 Å². The Balaban J connectivity index is 1.65. The molecule has 0 aromatic heterocycles. The largest absolute Gasteiger partial charge is 0.489 e. The summed E-state index contributed by atoms with van der Waals surface area (Å²) in [7, 11) is 0. The molecule has 0 unspecified atom stereocenters. The molecule has 1 aliphatic heterocycles. The smallest absolute Gasteiger partial charge is 0.328 e. The average Bonchev–Trinajstić information content (AvgIpc) is 2.60. The van der Waals surface area contributed by atoms with Gasteiger partial charge >= 0.3 is 6.03 Å². The molecule has 3 rings (SSSR count). The van der Waals surface area contributed by atoms with Gasteiger partial charge < -0.3 is 4.74 Å². The fourth-order valence-electron chi connectivity index (χ4n) is 2.63. The molecule has 2 N–H and O–H groups in total. The first-order chi connectivity index (χ1) is 12.0. The summed E-state index contributed by atoms with van der Waals surface area (Å²) < 4.78 is 5.72. The van der Waals surface area contributed by atoms with E-state index in [4.69, 9.17) is 4.74 Å². The van der Waals surface area contributed by atoms with Crippen LogP contribution in [-0.2, 0) is 22.6 Å². The van der Waals surface area contributed by atoms with Gasteiger partial charge in [-0.05, 0) is 36.6 Å². The van der Waals surface area contributed by atoms with Crippen LogP contribution in [0.15, 0.2) is 54.6 Å². The van der Waals surface area contributed by atoms with Gasteiger partial charge in [-0.25, -0.2) is 4.79 Å². The van der Waals surface area contributed by atoms with Crippen molar-refractivity contribution in [2.45, 2.75) is 20.0 Å². The molecule has 0 aliphatic carbocycles. The van der Waals surface area contributed by atoms with Gasteiger partial charge in [-0.3, -0.25) is 20.2 Å². The third-order valence-corrected chi connectivity index (χ3v) is 4.19. The first-order valence-corrected chi connectivity index (χ1v) is 7.90. The molecular weight excluding hydrogens is 320 g/mol. The number of amides is 4. The maximum atomic E-state index is 12.1. The number of carbonyl (C=O) groups excluding carboxylic acids is 3. The third-order valence-electron chi connectivity index (χ3n) is 4.19. The second-order valence-corrected chi connectivity index (χ2v) is 6.16. The highest BCUT2D eigenvalue weighted by Crippen LogP contribution is 2.26. The highest BCUT2D eigenvalue weighted by Gasteiger charge is 2.46. The van der Waals surface area contributed by atoms with E-state index in [-0.39, 0.29) is 6.42 Å². The monoisotopic (exact) mass is 338 g/mol. The molecule has 0 atom stereocenters. The van der Waals surface area contributed by atoms with Crippen LogP contribution in [0.4, 0.5) is 4.79 Å². The molecule has 1 heterocycles. The van der Waals surface area contributed by atoms with Crippen LogP contribution < -0.4 is 15.4 Å². The number of imide groups is 2. The van der Waals surface area contributed by atoms with E-state index in [2.05, 4.69) is 10.6 Å². The number of hydrogen-bond acceptors (Lipinski definition) is 4. The van der Waals surface area contributed by atoms with Crippen LogP contribution in [-0.4, -0.2) is 17.8 Å². The molecule has 4 amide bonds. The summed E-state index contributed by atoms with van der Waals surface area (Å²) in [4.78, 5) is 35.3. The topological polar surface area (TPSA) is 84.5 Å².